The standard InChI is InChI=1S/C14H15F2N3O2/c15-10-4-3-5-11(16)9(10)8-13(20)19-12(14(18)21)6-1-2-7-17/h3-5,12H,1-2,6,8H2,(H2,18,21)(H,19,20)/t12-/m0/s1. The number of nitrogens with one attached hydrogen (secondary N) is 1. The van der Waals surface area contributed by atoms with Gasteiger partial charge in [0.15, 0.2) is 0 Å². The molecule has 1 rings (SSSR count). The number of hydrogen-bond acceptors (Lipinski definition) is 3. The second-order valence-electron chi connectivity index (χ2n) is 4.45. The number of halogens is 2. The first kappa shape index (κ1) is 16.6. The fourth-order valence-electron chi connectivity index (χ4n) is 1.78. The number of amides is 2. The highest BCUT2D eigenvalue weighted by atomic mass is 19.1. The lowest BCUT2D eigenvalue weighted by atomic mass is 10.1. The Bertz CT molecular complexity index is 550. The van der Waals surface area contributed by atoms with E-state index in [1.165, 1.54) is 6.07 Å². The second kappa shape index (κ2) is 7.94. The molecule has 1 atom stereocenters. The smallest absolute Gasteiger partial charge is 0.240 e. The number of rotatable bonds is 7. The van der Waals surface area contributed by atoms with Crippen molar-refractivity contribution in [2.24, 2.45) is 5.73 Å². The van der Waals surface area contributed by atoms with Gasteiger partial charge in [0.1, 0.15) is 17.7 Å². The van der Waals surface area contributed by atoms with Gasteiger partial charge in [0.25, 0.3) is 0 Å². The lowest BCUT2D eigenvalue weighted by Crippen LogP contribution is -2.45. The molecule has 0 aliphatic rings. The molecule has 5 nitrogen and oxygen atoms in total. The molecule has 0 heterocycles. The van der Waals surface area contributed by atoms with Crippen molar-refractivity contribution in [3.8, 4) is 6.07 Å². The van der Waals surface area contributed by atoms with Gasteiger partial charge in [-0.25, -0.2) is 8.78 Å². The maximum atomic E-state index is 13.4. The molecule has 7 heteroatoms. The van der Waals surface area contributed by atoms with E-state index >= 15 is 0 Å². The third-order valence-corrected chi connectivity index (χ3v) is 2.86. The average molecular weight is 295 g/mol. The summed E-state index contributed by atoms with van der Waals surface area (Å²) in [5, 5.41) is 10.7. The molecule has 112 valence electrons. The lowest BCUT2D eigenvalue weighted by Gasteiger charge is -2.15. The van der Waals surface area contributed by atoms with E-state index in [2.05, 4.69) is 5.32 Å². The van der Waals surface area contributed by atoms with Gasteiger partial charge in [-0.2, -0.15) is 5.26 Å². The maximum absolute atomic E-state index is 13.4. The Hall–Kier alpha value is -2.49. The van der Waals surface area contributed by atoms with Crippen molar-refractivity contribution in [1.82, 2.24) is 5.32 Å². The van der Waals surface area contributed by atoms with Crippen LogP contribution in [0.2, 0.25) is 0 Å². The van der Waals surface area contributed by atoms with Gasteiger partial charge in [0.2, 0.25) is 11.8 Å². The van der Waals surface area contributed by atoms with Crippen LogP contribution in [0.5, 0.6) is 0 Å². The summed E-state index contributed by atoms with van der Waals surface area (Å²) >= 11 is 0. The van der Waals surface area contributed by atoms with E-state index < -0.39 is 35.9 Å². The number of nitriles is 1. The van der Waals surface area contributed by atoms with E-state index in [1.807, 2.05) is 6.07 Å². The van der Waals surface area contributed by atoms with Crippen molar-refractivity contribution < 1.29 is 18.4 Å². The van der Waals surface area contributed by atoms with E-state index in [4.69, 9.17) is 11.0 Å². The van der Waals surface area contributed by atoms with E-state index in [-0.39, 0.29) is 18.4 Å². The molecule has 2 amide bonds. The van der Waals surface area contributed by atoms with Crippen LogP contribution in [0.25, 0.3) is 0 Å². The third-order valence-electron chi connectivity index (χ3n) is 2.86. The summed E-state index contributed by atoms with van der Waals surface area (Å²) in [5.41, 5.74) is 4.77. The fraction of sp³-hybridized carbons (Fsp3) is 0.357. The Morgan fingerprint density at radius 1 is 1.33 bits per heavy atom. The van der Waals surface area contributed by atoms with Crippen LogP contribution >= 0.6 is 0 Å². The molecule has 1 aromatic rings. The van der Waals surface area contributed by atoms with Crippen molar-refractivity contribution in [3.05, 3.63) is 35.4 Å². The summed E-state index contributed by atoms with van der Waals surface area (Å²) in [6.07, 6.45) is 0.287. The molecule has 0 radical (unpaired) electrons. The summed E-state index contributed by atoms with van der Waals surface area (Å²) in [6.45, 7) is 0. The molecule has 1 aromatic carbocycles. The largest absolute Gasteiger partial charge is 0.368 e. The molecular weight excluding hydrogens is 280 g/mol. The molecule has 21 heavy (non-hydrogen) atoms. The summed E-state index contributed by atoms with van der Waals surface area (Å²) in [5.74, 6) is -3.12. The minimum atomic E-state index is -0.958. The summed E-state index contributed by atoms with van der Waals surface area (Å²) in [7, 11) is 0. The molecular formula is C14H15F2N3O2. The van der Waals surface area contributed by atoms with Gasteiger partial charge in [-0.15, -0.1) is 0 Å². The molecule has 0 unspecified atom stereocenters. The molecule has 0 bridgehead atoms. The van der Waals surface area contributed by atoms with Crippen LogP contribution in [0.15, 0.2) is 18.2 Å². The summed E-state index contributed by atoms with van der Waals surface area (Å²) in [6, 6.07) is 4.23. The predicted octanol–water partition coefficient (Wildman–Crippen LogP) is 1.17. The molecule has 0 aliphatic carbocycles. The molecule has 0 spiro atoms. The van der Waals surface area contributed by atoms with E-state index in [0.717, 1.165) is 12.1 Å². The Morgan fingerprint density at radius 3 is 2.48 bits per heavy atom. The lowest BCUT2D eigenvalue weighted by molar-refractivity contribution is -0.127. The topological polar surface area (TPSA) is 96.0 Å². The van der Waals surface area contributed by atoms with Crippen LogP contribution in [0.1, 0.15) is 24.8 Å². The first-order valence-electron chi connectivity index (χ1n) is 6.34. The van der Waals surface area contributed by atoms with Crippen molar-refractivity contribution in [1.29, 1.82) is 5.26 Å². The zero-order chi connectivity index (χ0) is 15.8. The van der Waals surface area contributed by atoms with E-state index in [0.29, 0.717) is 6.42 Å². The monoisotopic (exact) mass is 295 g/mol. The van der Waals surface area contributed by atoms with Crippen molar-refractivity contribution in [3.63, 3.8) is 0 Å². The SMILES string of the molecule is N#CCCC[C@H](NC(=O)Cc1c(F)cccc1F)C(N)=O. The van der Waals surface area contributed by atoms with E-state index in [1.54, 1.807) is 0 Å². The molecule has 0 aromatic heterocycles. The van der Waals surface area contributed by atoms with Crippen molar-refractivity contribution in [2.75, 3.05) is 0 Å². The number of nitrogens with zero attached hydrogens (tertiary/aromatic N) is 1. The number of hydrogen-bond donors (Lipinski definition) is 2. The number of carbonyl (C=O) groups is 2. The number of primary amides is 1. The average Bonchev–Trinajstić information content (AvgIpc) is 2.42. The van der Waals surface area contributed by atoms with E-state index in [9.17, 15) is 18.4 Å². The minimum absolute atomic E-state index is 0.203. The number of unbranched alkanes of at least 4 members (excludes halogenated alkanes) is 1. The quantitative estimate of drug-likeness (QED) is 0.739. The highest BCUT2D eigenvalue weighted by molar-refractivity contribution is 5.87. The van der Waals surface area contributed by atoms with Gasteiger partial charge < -0.3 is 11.1 Å². The maximum Gasteiger partial charge on any atom is 0.240 e. The number of benzene rings is 1. The van der Waals surface area contributed by atoms with Crippen LogP contribution in [0.4, 0.5) is 8.78 Å². The number of carbonyl (C=O) groups excluding carboxylic acids is 2. The Labute approximate surface area is 120 Å². The Balaban J connectivity index is 2.66. The van der Waals surface area contributed by atoms with Crippen LogP contribution in [0.3, 0.4) is 0 Å². The van der Waals surface area contributed by atoms with Gasteiger partial charge >= 0.3 is 0 Å². The first-order valence-corrected chi connectivity index (χ1v) is 6.34. The fourth-order valence-corrected chi connectivity index (χ4v) is 1.78. The normalized spacial score (nSPS) is 11.5. The Morgan fingerprint density at radius 2 is 1.95 bits per heavy atom. The van der Waals surface area contributed by atoms with Gasteiger partial charge in [-0.05, 0) is 25.0 Å². The summed E-state index contributed by atoms with van der Waals surface area (Å²) in [4.78, 5) is 22.9. The van der Waals surface area contributed by atoms with Crippen LogP contribution in [-0.4, -0.2) is 17.9 Å². The van der Waals surface area contributed by atoms with Gasteiger partial charge in [-0.1, -0.05) is 6.07 Å². The minimum Gasteiger partial charge on any atom is -0.368 e. The zero-order valence-electron chi connectivity index (χ0n) is 11.2. The van der Waals surface area contributed by atoms with Crippen LogP contribution < -0.4 is 11.1 Å². The van der Waals surface area contributed by atoms with Gasteiger partial charge in [0.05, 0.1) is 12.5 Å². The molecule has 0 fully saturated rings. The second-order valence-corrected chi connectivity index (χ2v) is 4.45. The highest BCUT2D eigenvalue weighted by Crippen LogP contribution is 2.12. The Kier molecular flexibility index (Phi) is 6.27. The number of nitrogens with two attached hydrogens (primary N) is 1. The van der Waals surface area contributed by atoms with Crippen LogP contribution in [0, 0.1) is 23.0 Å². The molecule has 0 aliphatic heterocycles. The predicted molar refractivity (Wildman–Crippen MR) is 70.7 cm³/mol. The zero-order valence-corrected chi connectivity index (χ0v) is 11.2. The summed E-state index contributed by atoms with van der Waals surface area (Å²) < 4.78 is 26.8. The third kappa shape index (κ3) is 5.18. The van der Waals surface area contributed by atoms with Crippen molar-refractivity contribution in [2.45, 2.75) is 31.7 Å². The molecule has 0 saturated carbocycles. The first-order chi connectivity index (χ1) is 9.95. The van der Waals surface area contributed by atoms with Crippen molar-refractivity contribution >= 4 is 11.8 Å². The van der Waals surface area contributed by atoms with Gasteiger partial charge in [0, 0.05) is 12.0 Å². The van der Waals surface area contributed by atoms with Gasteiger partial charge in [-0.3, -0.25) is 9.59 Å². The molecule has 3 N–H and O–H groups in total. The van der Waals surface area contributed by atoms with Crippen LogP contribution in [-0.2, 0) is 16.0 Å². The highest BCUT2D eigenvalue weighted by Gasteiger charge is 2.19. The molecule has 0 saturated heterocycles.